The molecule has 0 amide bonds. The van der Waals surface area contributed by atoms with E-state index in [4.69, 9.17) is 16.3 Å². The third kappa shape index (κ3) is 2.80. The van der Waals surface area contributed by atoms with Crippen LogP contribution < -0.4 is 11.0 Å². The van der Waals surface area contributed by atoms with E-state index in [-0.39, 0.29) is 22.2 Å². The van der Waals surface area contributed by atoms with Crippen LogP contribution in [0.25, 0.3) is 16.5 Å². The van der Waals surface area contributed by atoms with Crippen LogP contribution >= 0.6 is 11.6 Å². The Labute approximate surface area is 162 Å². The number of nitrogens with one attached hydrogen (secondary N) is 1. The van der Waals surface area contributed by atoms with Crippen LogP contribution in [-0.2, 0) is 11.8 Å². The lowest BCUT2D eigenvalue weighted by Gasteiger charge is -2.29. The van der Waals surface area contributed by atoms with Gasteiger partial charge in [-0.15, -0.1) is 0 Å². The number of alkyl halides is 3. The average molecular weight is 410 g/mol. The van der Waals surface area contributed by atoms with Gasteiger partial charge in [0.1, 0.15) is 0 Å². The quantitative estimate of drug-likeness (QED) is 0.823. The topological polar surface area (TPSA) is 46.5 Å². The number of halogens is 4. The Morgan fingerprint density at radius 1 is 1.18 bits per heavy atom. The van der Waals surface area contributed by atoms with Gasteiger partial charge in [0.2, 0.25) is 5.88 Å². The minimum Gasteiger partial charge on any atom is -0.481 e. The molecular formula is C19H15ClF3N3O2. The van der Waals surface area contributed by atoms with Crippen LogP contribution in [0, 0.1) is 0 Å². The molecule has 0 bridgehead atoms. The molecule has 0 radical (unpaired) electrons. The Morgan fingerprint density at radius 3 is 2.61 bits per heavy atom. The number of benzene rings is 1. The smallest absolute Gasteiger partial charge is 0.410 e. The van der Waals surface area contributed by atoms with Gasteiger partial charge in [-0.1, -0.05) is 17.7 Å². The van der Waals surface area contributed by atoms with Crippen LogP contribution in [0.1, 0.15) is 5.56 Å². The first-order valence-electron chi connectivity index (χ1n) is 8.31. The van der Waals surface area contributed by atoms with E-state index >= 15 is 0 Å². The largest absolute Gasteiger partial charge is 0.481 e. The maximum absolute atomic E-state index is 13.4. The van der Waals surface area contributed by atoms with Gasteiger partial charge in [-0.25, -0.2) is 10.4 Å². The molecule has 1 N–H and O–H groups in total. The monoisotopic (exact) mass is 409 g/mol. The zero-order valence-corrected chi connectivity index (χ0v) is 15.6. The number of nitrogens with zero attached hydrogens (tertiary/aromatic N) is 2. The number of allylic oxidation sites excluding steroid dienone is 3. The van der Waals surface area contributed by atoms with Crippen molar-refractivity contribution in [2.75, 3.05) is 7.11 Å². The van der Waals surface area contributed by atoms with Crippen molar-refractivity contribution in [2.24, 2.45) is 7.05 Å². The van der Waals surface area contributed by atoms with Crippen LogP contribution in [0.4, 0.5) is 13.2 Å². The highest BCUT2D eigenvalue weighted by Gasteiger charge is 2.50. The summed E-state index contributed by atoms with van der Waals surface area (Å²) in [4.78, 5) is 11.8. The van der Waals surface area contributed by atoms with E-state index in [0.29, 0.717) is 11.1 Å². The molecule has 1 unspecified atom stereocenters. The minimum atomic E-state index is -4.56. The molecule has 146 valence electrons. The summed E-state index contributed by atoms with van der Waals surface area (Å²) in [5, 5.41) is 1.63. The van der Waals surface area contributed by atoms with Gasteiger partial charge in [-0.2, -0.15) is 13.2 Å². The fraction of sp³-hybridized carbons (Fsp3) is 0.211. The van der Waals surface area contributed by atoms with Crippen LogP contribution in [0.15, 0.2) is 63.9 Å². The molecule has 2 aliphatic heterocycles. The number of hydrogen-bond acceptors (Lipinski definition) is 4. The Balaban J connectivity index is 1.89. The predicted octanol–water partition coefficient (Wildman–Crippen LogP) is 3.62. The molecule has 1 atom stereocenters. The second kappa shape index (κ2) is 6.42. The maximum Gasteiger partial charge on any atom is 0.410 e. The van der Waals surface area contributed by atoms with Crippen molar-refractivity contribution in [2.45, 2.75) is 12.2 Å². The number of aryl methyl sites for hydroxylation is 1. The lowest BCUT2D eigenvalue weighted by Crippen LogP contribution is -2.45. The van der Waals surface area contributed by atoms with Crippen LogP contribution in [0.3, 0.4) is 0 Å². The summed E-state index contributed by atoms with van der Waals surface area (Å²) in [7, 11) is 3.03. The molecule has 28 heavy (non-hydrogen) atoms. The molecule has 1 aromatic carbocycles. The Morgan fingerprint density at radius 2 is 1.93 bits per heavy atom. The van der Waals surface area contributed by atoms with Crippen LogP contribution in [0.2, 0.25) is 0 Å². The summed E-state index contributed by atoms with van der Waals surface area (Å²) in [6.07, 6.45) is -1.33. The molecule has 3 heterocycles. The summed E-state index contributed by atoms with van der Waals surface area (Å²) >= 11 is 6.15. The Hall–Kier alpha value is -2.71. The zero-order valence-electron chi connectivity index (χ0n) is 14.8. The average Bonchev–Trinajstić information content (AvgIpc) is 3.02. The molecule has 0 aliphatic carbocycles. The molecule has 1 aromatic heterocycles. The second-order valence-electron chi connectivity index (χ2n) is 6.43. The number of fused-ring (bicyclic) bond motifs is 2. The van der Waals surface area contributed by atoms with Gasteiger partial charge in [-0.05, 0) is 35.2 Å². The van der Waals surface area contributed by atoms with E-state index in [9.17, 15) is 18.0 Å². The molecule has 9 heteroatoms. The lowest BCUT2D eigenvalue weighted by atomic mass is 9.97. The number of ether oxygens (including phenoxy) is 1. The number of hydrogen-bond donors (Lipinski definition) is 1. The van der Waals surface area contributed by atoms with E-state index in [1.807, 2.05) is 6.07 Å². The molecule has 0 saturated heterocycles. The van der Waals surface area contributed by atoms with Gasteiger partial charge < -0.3 is 9.30 Å². The van der Waals surface area contributed by atoms with E-state index in [1.54, 1.807) is 37.4 Å². The number of rotatable bonds is 2. The molecule has 2 aromatic rings. The molecule has 0 spiro atoms. The van der Waals surface area contributed by atoms with Gasteiger partial charge in [0.05, 0.1) is 23.4 Å². The van der Waals surface area contributed by atoms with Crippen LogP contribution in [-0.4, -0.2) is 28.9 Å². The highest BCUT2D eigenvalue weighted by atomic mass is 35.5. The third-order valence-electron chi connectivity index (χ3n) is 4.80. The molecule has 0 saturated carbocycles. The molecule has 4 rings (SSSR count). The fourth-order valence-electron chi connectivity index (χ4n) is 3.39. The molecular weight excluding hydrogens is 395 g/mol. The zero-order chi connectivity index (χ0) is 20.2. The Kier molecular flexibility index (Phi) is 4.28. The van der Waals surface area contributed by atoms with Crippen molar-refractivity contribution in [3.8, 4) is 0 Å². The van der Waals surface area contributed by atoms with Gasteiger partial charge in [0, 0.05) is 24.8 Å². The summed E-state index contributed by atoms with van der Waals surface area (Å²) in [5.74, 6) is 0.201. The van der Waals surface area contributed by atoms with Crippen molar-refractivity contribution in [1.82, 2.24) is 15.0 Å². The summed E-state index contributed by atoms with van der Waals surface area (Å²) in [6, 6.07) is 6.41. The highest BCUT2D eigenvalue weighted by Crippen LogP contribution is 2.43. The summed E-state index contributed by atoms with van der Waals surface area (Å²) in [6.45, 7) is 0. The maximum atomic E-state index is 13.4. The van der Waals surface area contributed by atoms with Crippen molar-refractivity contribution < 1.29 is 17.9 Å². The first-order valence-corrected chi connectivity index (χ1v) is 8.69. The number of methoxy groups -OCH3 is 1. The fourth-order valence-corrected chi connectivity index (χ4v) is 3.75. The second-order valence-corrected chi connectivity index (χ2v) is 6.84. The standard InChI is InChI=1S/C19H15ClF3N3O2/c1-25-13-6-3-10(9-11(13)4-7-14(25)27)12-5-8-15(28-2)26-17(12)16(20)18(24-26)19(21,22)23/h3-9,18,24H,1-2H3. The summed E-state index contributed by atoms with van der Waals surface area (Å²) < 4.78 is 46.8. The lowest BCUT2D eigenvalue weighted by molar-refractivity contribution is -0.150. The van der Waals surface area contributed by atoms with Crippen LogP contribution in [0.5, 0.6) is 0 Å². The summed E-state index contributed by atoms with van der Waals surface area (Å²) in [5.41, 5.74) is 4.30. The highest BCUT2D eigenvalue weighted by molar-refractivity contribution is 6.32. The van der Waals surface area contributed by atoms with Crippen molar-refractivity contribution in [3.63, 3.8) is 0 Å². The van der Waals surface area contributed by atoms with Gasteiger partial charge >= 0.3 is 6.18 Å². The first-order chi connectivity index (χ1) is 13.2. The Bertz CT molecular complexity index is 1130. The minimum absolute atomic E-state index is 0.144. The van der Waals surface area contributed by atoms with E-state index in [2.05, 4.69) is 5.43 Å². The van der Waals surface area contributed by atoms with E-state index in [0.717, 1.165) is 10.9 Å². The first kappa shape index (κ1) is 18.6. The predicted molar refractivity (Wildman–Crippen MR) is 100.0 cm³/mol. The number of aromatic nitrogens is 1. The van der Waals surface area contributed by atoms with Crippen molar-refractivity contribution in [3.05, 3.63) is 75.0 Å². The molecule has 2 aliphatic rings. The third-order valence-corrected chi connectivity index (χ3v) is 5.20. The van der Waals surface area contributed by atoms with E-state index in [1.165, 1.54) is 22.8 Å². The van der Waals surface area contributed by atoms with Crippen molar-refractivity contribution in [1.29, 1.82) is 0 Å². The number of pyridine rings is 1. The van der Waals surface area contributed by atoms with Crippen molar-refractivity contribution >= 4 is 28.1 Å². The van der Waals surface area contributed by atoms with Gasteiger partial charge in [-0.3, -0.25) is 4.79 Å². The molecule has 0 fully saturated rings. The van der Waals surface area contributed by atoms with Gasteiger partial charge in [0.25, 0.3) is 5.56 Å². The van der Waals surface area contributed by atoms with E-state index < -0.39 is 12.2 Å². The number of hydrazine groups is 1. The normalized spacial score (nSPS) is 19.6. The van der Waals surface area contributed by atoms with Gasteiger partial charge in [0.15, 0.2) is 6.04 Å². The molecule has 5 nitrogen and oxygen atoms in total. The SMILES string of the molecule is COC1=CC=C(c2ccc3c(ccc(=O)n3C)c2)C2=C(Cl)C(C(F)(F)F)NN12.